The Morgan fingerprint density at radius 3 is 2.58 bits per heavy atom. The van der Waals surface area contributed by atoms with Crippen molar-refractivity contribution in [2.75, 3.05) is 32.6 Å². The van der Waals surface area contributed by atoms with Crippen molar-refractivity contribution in [3.63, 3.8) is 0 Å². The molecule has 0 bridgehead atoms. The van der Waals surface area contributed by atoms with E-state index in [1.807, 2.05) is 0 Å². The molecular formula is C18H21N5O2S. The van der Waals surface area contributed by atoms with Crippen molar-refractivity contribution in [1.82, 2.24) is 19.5 Å². The summed E-state index contributed by atoms with van der Waals surface area (Å²) in [6.45, 7) is 1.69. The number of sulfone groups is 1. The minimum Gasteiger partial charge on any atom is -0.360 e. The molecule has 0 saturated heterocycles. The SMILES string of the molecule is CN1CCc2c(cnc3c(S(=O)(=O)c4ccccc4)c(N(C)C)nn23)C1. The van der Waals surface area contributed by atoms with Crippen LogP contribution in [0, 0.1) is 0 Å². The quantitative estimate of drug-likeness (QED) is 0.697. The van der Waals surface area contributed by atoms with Crippen molar-refractivity contribution < 1.29 is 8.42 Å². The van der Waals surface area contributed by atoms with E-state index < -0.39 is 9.84 Å². The Kier molecular flexibility index (Phi) is 3.96. The van der Waals surface area contributed by atoms with Crippen LogP contribution in [0.25, 0.3) is 5.65 Å². The number of benzene rings is 1. The molecule has 26 heavy (non-hydrogen) atoms. The third kappa shape index (κ3) is 2.57. The van der Waals surface area contributed by atoms with Gasteiger partial charge in [0.05, 0.1) is 10.6 Å². The van der Waals surface area contributed by atoms with E-state index in [1.165, 1.54) is 0 Å². The lowest BCUT2D eigenvalue weighted by atomic mass is 10.1. The number of likely N-dealkylation sites (N-methyl/N-ethyl adjacent to an activating group) is 1. The van der Waals surface area contributed by atoms with Crippen molar-refractivity contribution in [2.24, 2.45) is 0 Å². The van der Waals surface area contributed by atoms with Gasteiger partial charge in [-0.25, -0.2) is 17.9 Å². The zero-order valence-corrected chi connectivity index (χ0v) is 15.9. The normalized spacial score (nSPS) is 15.2. The monoisotopic (exact) mass is 371 g/mol. The lowest BCUT2D eigenvalue weighted by Gasteiger charge is -2.24. The first-order valence-corrected chi connectivity index (χ1v) is 9.93. The third-order valence-electron chi connectivity index (χ3n) is 4.69. The molecule has 0 unspecified atom stereocenters. The highest BCUT2D eigenvalue weighted by atomic mass is 32.2. The lowest BCUT2D eigenvalue weighted by Crippen LogP contribution is -2.28. The van der Waals surface area contributed by atoms with Crippen molar-refractivity contribution in [3.8, 4) is 0 Å². The maximum Gasteiger partial charge on any atom is 0.214 e. The number of aromatic nitrogens is 3. The minimum absolute atomic E-state index is 0.162. The van der Waals surface area contributed by atoms with Crippen molar-refractivity contribution in [2.45, 2.75) is 22.8 Å². The van der Waals surface area contributed by atoms with Gasteiger partial charge in [0.1, 0.15) is 0 Å². The summed E-state index contributed by atoms with van der Waals surface area (Å²) in [6.07, 6.45) is 2.59. The Morgan fingerprint density at radius 1 is 1.15 bits per heavy atom. The van der Waals surface area contributed by atoms with E-state index in [4.69, 9.17) is 0 Å². The van der Waals surface area contributed by atoms with E-state index in [1.54, 1.807) is 60.0 Å². The summed E-state index contributed by atoms with van der Waals surface area (Å²) in [4.78, 5) is 8.85. The van der Waals surface area contributed by atoms with Crippen LogP contribution in [0.15, 0.2) is 46.3 Å². The number of hydrogen-bond acceptors (Lipinski definition) is 6. The summed E-state index contributed by atoms with van der Waals surface area (Å²) in [5.74, 6) is 0.411. The average Bonchev–Trinajstić information content (AvgIpc) is 3.03. The fourth-order valence-corrected chi connectivity index (χ4v) is 4.94. The third-order valence-corrected chi connectivity index (χ3v) is 6.48. The van der Waals surface area contributed by atoms with Gasteiger partial charge in [-0.15, -0.1) is 5.10 Å². The molecule has 0 atom stereocenters. The lowest BCUT2D eigenvalue weighted by molar-refractivity contribution is 0.307. The number of nitrogens with zero attached hydrogens (tertiary/aromatic N) is 5. The van der Waals surface area contributed by atoms with Crippen LogP contribution in [0.3, 0.4) is 0 Å². The smallest absolute Gasteiger partial charge is 0.214 e. The van der Waals surface area contributed by atoms with Gasteiger partial charge < -0.3 is 9.80 Å². The van der Waals surface area contributed by atoms with E-state index in [-0.39, 0.29) is 9.79 Å². The van der Waals surface area contributed by atoms with E-state index in [0.717, 1.165) is 30.8 Å². The standard InChI is InChI=1S/C18H21N5O2S/c1-21(2)18-16(26(24,25)14-7-5-4-6-8-14)17-19-11-13-12-22(3)10-9-15(13)23(17)20-18/h4-8,11H,9-10,12H2,1-3H3. The van der Waals surface area contributed by atoms with Gasteiger partial charge in [0.15, 0.2) is 16.4 Å². The minimum atomic E-state index is -3.73. The Bertz CT molecular complexity index is 1070. The van der Waals surface area contributed by atoms with E-state index in [0.29, 0.717) is 11.5 Å². The van der Waals surface area contributed by atoms with Gasteiger partial charge in [-0.2, -0.15) is 0 Å². The van der Waals surface area contributed by atoms with Crippen LogP contribution < -0.4 is 4.90 Å². The van der Waals surface area contributed by atoms with Gasteiger partial charge in [-0.1, -0.05) is 18.2 Å². The van der Waals surface area contributed by atoms with Crippen molar-refractivity contribution in [1.29, 1.82) is 0 Å². The van der Waals surface area contributed by atoms with Gasteiger partial charge in [0.25, 0.3) is 0 Å². The van der Waals surface area contributed by atoms with Crippen molar-refractivity contribution in [3.05, 3.63) is 47.8 Å². The van der Waals surface area contributed by atoms with E-state index in [9.17, 15) is 8.42 Å². The summed E-state index contributed by atoms with van der Waals surface area (Å²) < 4.78 is 28.4. The predicted octanol–water partition coefficient (Wildman–Crippen LogP) is 1.62. The summed E-state index contributed by atoms with van der Waals surface area (Å²) in [5, 5.41) is 4.62. The molecule has 3 aromatic rings. The summed E-state index contributed by atoms with van der Waals surface area (Å²) in [5.41, 5.74) is 2.51. The summed E-state index contributed by atoms with van der Waals surface area (Å²) in [7, 11) is 1.92. The molecule has 0 N–H and O–H groups in total. The van der Waals surface area contributed by atoms with Crippen molar-refractivity contribution >= 4 is 21.3 Å². The topological polar surface area (TPSA) is 70.8 Å². The molecule has 1 aliphatic rings. The number of rotatable bonds is 3. The van der Waals surface area contributed by atoms with Gasteiger partial charge >= 0.3 is 0 Å². The Labute approximate surface area is 152 Å². The van der Waals surface area contributed by atoms with Crippen LogP contribution in [0.4, 0.5) is 5.82 Å². The van der Waals surface area contributed by atoms with Gasteiger partial charge in [0.2, 0.25) is 9.84 Å². The molecule has 0 radical (unpaired) electrons. The number of hydrogen-bond donors (Lipinski definition) is 0. The summed E-state index contributed by atoms with van der Waals surface area (Å²) in [6, 6.07) is 8.45. The largest absolute Gasteiger partial charge is 0.360 e. The molecule has 0 spiro atoms. The highest BCUT2D eigenvalue weighted by Gasteiger charge is 2.31. The second-order valence-corrected chi connectivity index (χ2v) is 8.70. The van der Waals surface area contributed by atoms with Gasteiger partial charge in [0, 0.05) is 45.4 Å². The molecule has 2 aromatic heterocycles. The first-order valence-electron chi connectivity index (χ1n) is 8.45. The Hall–Kier alpha value is -2.45. The molecule has 1 aromatic carbocycles. The molecule has 0 amide bonds. The molecule has 0 saturated carbocycles. The second-order valence-electron chi connectivity index (χ2n) is 6.82. The second kappa shape index (κ2) is 6.07. The van der Waals surface area contributed by atoms with Crippen LogP contribution in [0.1, 0.15) is 11.3 Å². The fraction of sp³-hybridized carbons (Fsp3) is 0.333. The maximum atomic E-state index is 13.3. The predicted molar refractivity (Wildman–Crippen MR) is 99.2 cm³/mol. The van der Waals surface area contributed by atoms with Gasteiger partial charge in [-0.3, -0.25) is 0 Å². The highest BCUT2D eigenvalue weighted by molar-refractivity contribution is 7.91. The average molecular weight is 371 g/mol. The molecular weight excluding hydrogens is 350 g/mol. The van der Waals surface area contributed by atoms with Crippen LogP contribution in [-0.4, -0.2) is 55.6 Å². The van der Waals surface area contributed by atoms with E-state index >= 15 is 0 Å². The van der Waals surface area contributed by atoms with Crippen LogP contribution in [-0.2, 0) is 22.8 Å². The Balaban J connectivity index is 2.02. The molecule has 0 fully saturated rings. The molecule has 136 valence electrons. The van der Waals surface area contributed by atoms with Crippen LogP contribution in [0.2, 0.25) is 0 Å². The highest BCUT2D eigenvalue weighted by Crippen LogP contribution is 2.33. The summed E-state index contributed by atoms with van der Waals surface area (Å²) >= 11 is 0. The molecule has 4 rings (SSSR count). The zero-order valence-electron chi connectivity index (χ0n) is 15.0. The first-order chi connectivity index (χ1) is 12.4. The number of fused-ring (bicyclic) bond motifs is 3. The van der Waals surface area contributed by atoms with Crippen LogP contribution in [0.5, 0.6) is 0 Å². The fourth-order valence-electron chi connectivity index (χ4n) is 3.35. The molecule has 1 aliphatic heterocycles. The zero-order chi connectivity index (χ0) is 18.5. The Morgan fingerprint density at radius 2 is 1.88 bits per heavy atom. The maximum absolute atomic E-state index is 13.3. The molecule has 7 nitrogen and oxygen atoms in total. The molecule has 8 heteroatoms. The van der Waals surface area contributed by atoms with E-state index in [2.05, 4.69) is 22.0 Å². The molecule has 0 aliphatic carbocycles. The number of anilines is 1. The molecule has 3 heterocycles. The van der Waals surface area contributed by atoms with Gasteiger partial charge in [-0.05, 0) is 19.2 Å². The van der Waals surface area contributed by atoms with Crippen LogP contribution >= 0.6 is 0 Å². The first kappa shape index (κ1) is 17.0.